The molecule has 370 valence electrons. The molecule has 10 aromatic carbocycles. The minimum Gasteiger partial charge on any atom is -0.311 e. The molecule has 0 unspecified atom stereocenters. The quantitative estimate of drug-likeness (QED) is 0.121. The van der Waals surface area contributed by atoms with Crippen molar-refractivity contribution in [2.24, 2.45) is 0 Å². The molecule has 2 heterocycles. The molecular formula is C72H57N5. The van der Waals surface area contributed by atoms with Crippen LogP contribution in [-0.2, 0) is 10.8 Å². The van der Waals surface area contributed by atoms with Crippen LogP contribution in [0.15, 0.2) is 273 Å². The summed E-state index contributed by atoms with van der Waals surface area (Å²) in [6.45, 7) is 9.58. The second kappa shape index (κ2) is 19.3. The molecule has 13 rings (SSSR count). The molecule has 0 aliphatic heterocycles. The first kappa shape index (κ1) is 47.2. The van der Waals surface area contributed by atoms with Crippen LogP contribution in [0.2, 0.25) is 0 Å². The van der Waals surface area contributed by atoms with Gasteiger partial charge >= 0.3 is 0 Å². The molecule has 5 heteroatoms. The number of nitrogens with zero attached hydrogens (tertiary/aromatic N) is 5. The van der Waals surface area contributed by atoms with Crippen molar-refractivity contribution in [2.45, 2.75) is 38.5 Å². The topological polar surface area (TPSA) is 35.5 Å². The lowest BCUT2D eigenvalue weighted by Gasteiger charge is -2.44. The predicted molar refractivity (Wildman–Crippen MR) is 323 cm³/mol. The molecule has 1 aliphatic carbocycles. The summed E-state index contributed by atoms with van der Waals surface area (Å²) in [5.41, 5.74) is 20.6. The van der Waals surface area contributed by atoms with Crippen LogP contribution >= 0.6 is 0 Å². The van der Waals surface area contributed by atoms with Crippen molar-refractivity contribution in [3.8, 4) is 22.4 Å². The minimum atomic E-state index is -0.332. The molecule has 0 saturated heterocycles. The van der Waals surface area contributed by atoms with E-state index in [-0.39, 0.29) is 10.8 Å². The van der Waals surface area contributed by atoms with Gasteiger partial charge in [-0.3, -0.25) is 4.98 Å². The second-order valence-electron chi connectivity index (χ2n) is 21.1. The number of para-hydroxylation sites is 4. The molecule has 0 atom stereocenters. The summed E-state index contributed by atoms with van der Waals surface area (Å²) in [5, 5.41) is 2.17. The van der Waals surface area contributed by atoms with Crippen LogP contribution in [0.5, 0.6) is 0 Å². The van der Waals surface area contributed by atoms with Crippen LogP contribution in [0, 0.1) is 0 Å². The zero-order valence-corrected chi connectivity index (χ0v) is 43.7. The first-order chi connectivity index (χ1) is 37.7. The molecule has 0 N–H and O–H groups in total. The van der Waals surface area contributed by atoms with Crippen LogP contribution in [0.25, 0.3) is 44.2 Å². The molecule has 12 aromatic rings. The standard InChI is InChI=1S/C72H57N5/c1-71(2)65-45-42-61(48-67(65)72(3,4)64-44-33-52(47-66(64)71)63-49-68(50-21-10-5-11-22-50)74-70-62(63)43-32-51-23-20-46-73-69(51)70)77(59-38-34-57(35-39-59)75(53-24-12-6-13-25-53)54-26-14-7-15-27-54)60-40-36-58(37-41-60)76(55-28-16-8-17-29-55)56-30-18-9-19-31-56/h5-49H,1-4H3. The van der Waals surface area contributed by atoms with Gasteiger partial charge < -0.3 is 14.7 Å². The summed E-state index contributed by atoms with van der Waals surface area (Å²) < 4.78 is 0. The Morgan fingerprint density at radius 2 is 0.701 bits per heavy atom. The van der Waals surface area contributed by atoms with Gasteiger partial charge in [0.15, 0.2) is 0 Å². The van der Waals surface area contributed by atoms with E-state index >= 15 is 0 Å². The summed E-state index contributed by atoms with van der Waals surface area (Å²) in [7, 11) is 0. The van der Waals surface area contributed by atoms with Gasteiger partial charge in [-0.1, -0.05) is 167 Å². The van der Waals surface area contributed by atoms with Crippen molar-refractivity contribution in [2.75, 3.05) is 14.7 Å². The Labute approximate surface area is 451 Å². The highest BCUT2D eigenvalue weighted by molar-refractivity contribution is 6.09. The Morgan fingerprint density at radius 1 is 0.299 bits per heavy atom. The maximum absolute atomic E-state index is 5.30. The second-order valence-corrected chi connectivity index (χ2v) is 21.1. The van der Waals surface area contributed by atoms with Crippen molar-refractivity contribution in [1.82, 2.24) is 9.97 Å². The van der Waals surface area contributed by atoms with Crippen molar-refractivity contribution in [1.29, 1.82) is 0 Å². The molecule has 0 spiro atoms. The van der Waals surface area contributed by atoms with Crippen molar-refractivity contribution >= 4 is 73.0 Å². The van der Waals surface area contributed by atoms with E-state index in [2.05, 4.69) is 303 Å². The van der Waals surface area contributed by atoms with E-state index in [4.69, 9.17) is 9.97 Å². The summed E-state index contributed by atoms with van der Waals surface area (Å²) in [6, 6.07) is 96.1. The van der Waals surface area contributed by atoms with E-state index in [9.17, 15) is 0 Å². The number of rotatable bonds is 11. The van der Waals surface area contributed by atoms with Gasteiger partial charge in [0.25, 0.3) is 0 Å². The summed E-state index contributed by atoms with van der Waals surface area (Å²) in [6.07, 6.45) is 1.87. The average Bonchev–Trinajstić information content (AvgIpc) is 3.49. The monoisotopic (exact) mass is 991 g/mol. The molecule has 0 bridgehead atoms. The van der Waals surface area contributed by atoms with E-state index < -0.39 is 0 Å². The fraction of sp³-hybridized carbons (Fsp3) is 0.0833. The van der Waals surface area contributed by atoms with Gasteiger partial charge in [0.1, 0.15) is 0 Å². The lowest BCUT2D eigenvalue weighted by molar-refractivity contribution is 0.521. The van der Waals surface area contributed by atoms with Gasteiger partial charge in [0.2, 0.25) is 0 Å². The number of fused-ring (bicyclic) bond motifs is 5. The summed E-state index contributed by atoms with van der Waals surface area (Å²) in [4.78, 5) is 17.2. The largest absolute Gasteiger partial charge is 0.311 e. The highest BCUT2D eigenvalue weighted by Gasteiger charge is 2.42. The van der Waals surface area contributed by atoms with Crippen LogP contribution in [0.1, 0.15) is 49.9 Å². The first-order valence-electron chi connectivity index (χ1n) is 26.6. The highest BCUT2D eigenvalue weighted by atomic mass is 15.2. The molecule has 0 amide bonds. The third-order valence-electron chi connectivity index (χ3n) is 15.7. The minimum absolute atomic E-state index is 0.321. The van der Waals surface area contributed by atoms with Crippen molar-refractivity contribution in [3.63, 3.8) is 0 Å². The predicted octanol–water partition coefficient (Wildman–Crippen LogP) is 19.5. The summed E-state index contributed by atoms with van der Waals surface area (Å²) in [5.74, 6) is 0. The molecule has 5 nitrogen and oxygen atoms in total. The third-order valence-corrected chi connectivity index (χ3v) is 15.7. The zero-order valence-electron chi connectivity index (χ0n) is 43.7. The first-order valence-corrected chi connectivity index (χ1v) is 26.6. The number of benzene rings is 10. The maximum Gasteiger partial charge on any atom is 0.0978 e. The molecule has 0 saturated carbocycles. The maximum atomic E-state index is 5.30. The Morgan fingerprint density at radius 3 is 1.18 bits per heavy atom. The Hall–Kier alpha value is -9.58. The zero-order chi connectivity index (χ0) is 52.1. The fourth-order valence-electron chi connectivity index (χ4n) is 11.8. The molecular weight excluding hydrogens is 935 g/mol. The molecule has 2 aromatic heterocycles. The van der Waals surface area contributed by atoms with Gasteiger partial charge in [-0.05, 0) is 161 Å². The fourth-order valence-corrected chi connectivity index (χ4v) is 11.8. The molecule has 0 radical (unpaired) electrons. The summed E-state index contributed by atoms with van der Waals surface area (Å²) >= 11 is 0. The number of aromatic nitrogens is 2. The SMILES string of the molecule is CC1(C)c2ccc(N(c3ccc(N(c4ccccc4)c4ccccc4)cc3)c3ccc(N(c4ccccc4)c4ccccc4)cc3)cc2C(C)(C)c2ccc(-c3cc(-c4ccccc4)nc4c3ccc3cccnc34)cc21. The Kier molecular flexibility index (Phi) is 11.8. The highest BCUT2D eigenvalue weighted by Crippen LogP contribution is 2.53. The van der Waals surface area contributed by atoms with E-state index in [1.165, 1.54) is 27.8 Å². The number of anilines is 9. The Bertz CT molecular complexity index is 3860. The smallest absolute Gasteiger partial charge is 0.0978 e. The van der Waals surface area contributed by atoms with E-state index in [0.717, 1.165) is 89.8 Å². The van der Waals surface area contributed by atoms with Crippen molar-refractivity contribution in [3.05, 3.63) is 295 Å². The van der Waals surface area contributed by atoms with Crippen LogP contribution in [-0.4, -0.2) is 9.97 Å². The van der Waals surface area contributed by atoms with Crippen LogP contribution in [0.3, 0.4) is 0 Å². The van der Waals surface area contributed by atoms with Gasteiger partial charge in [-0.25, -0.2) is 4.98 Å². The van der Waals surface area contributed by atoms with E-state index in [1.54, 1.807) is 0 Å². The lowest BCUT2D eigenvalue weighted by Crippen LogP contribution is -2.36. The van der Waals surface area contributed by atoms with Gasteiger partial charge in [-0.15, -0.1) is 0 Å². The molecule has 0 fully saturated rings. The van der Waals surface area contributed by atoms with Crippen LogP contribution in [0.4, 0.5) is 51.2 Å². The average molecular weight is 992 g/mol. The van der Waals surface area contributed by atoms with Gasteiger partial charge in [0.05, 0.1) is 16.7 Å². The molecule has 1 aliphatic rings. The number of hydrogen-bond acceptors (Lipinski definition) is 5. The third kappa shape index (κ3) is 8.47. The number of hydrogen-bond donors (Lipinski definition) is 0. The lowest BCUT2D eigenvalue weighted by atomic mass is 9.59. The van der Waals surface area contributed by atoms with Gasteiger partial charge in [-0.2, -0.15) is 0 Å². The van der Waals surface area contributed by atoms with E-state index in [0.29, 0.717) is 0 Å². The van der Waals surface area contributed by atoms with Gasteiger partial charge in [0, 0.05) is 84.5 Å². The molecule has 77 heavy (non-hydrogen) atoms. The Balaban J connectivity index is 0.930. The normalized spacial score (nSPS) is 13.1. The number of pyridine rings is 2. The van der Waals surface area contributed by atoms with Crippen molar-refractivity contribution < 1.29 is 0 Å². The van der Waals surface area contributed by atoms with E-state index in [1.807, 2.05) is 12.3 Å². The van der Waals surface area contributed by atoms with Crippen LogP contribution < -0.4 is 14.7 Å².